The van der Waals surface area contributed by atoms with Crippen LogP contribution in [0.2, 0.25) is 0 Å². The van der Waals surface area contributed by atoms with Crippen molar-refractivity contribution < 1.29 is 4.74 Å². The molecule has 3 aliphatic rings. The van der Waals surface area contributed by atoms with Crippen LogP contribution in [0.5, 0.6) is 0 Å². The van der Waals surface area contributed by atoms with Gasteiger partial charge in [0.05, 0.1) is 6.10 Å². The number of allylic oxidation sites excluding steroid dienone is 2. The van der Waals surface area contributed by atoms with Crippen LogP contribution in [0, 0.1) is 11.8 Å². The van der Waals surface area contributed by atoms with E-state index in [0.29, 0.717) is 6.10 Å². The third-order valence-electron chi connectivity index (χ3n) is 5.01. The summed E-state index contributed by atoms with van der Waals surface area (Å²) in [6.07, 6.45) is 10.2. The lowest BCUT2D eigenvalue weighted by atomic mass is 9.86. The molecule has 0 N–H and O–H groups in total. The van der Waals surface area contributed by atoms with Crippen molar-refractivity contribution in [3.05, 3.63) is 34.0 Å². The third-order valence-corrected chi connectivity index (χ3v) is 6.17. The molecule has 4 rings (SSSR count). The van der Waals surface area contributed by atoms with Crippen LogP contribution in [-0.2, 0) is 11.3 Å². The van der Waals surface area contributed by atoms with Crippen molar-refractivity contribution in [2.24, 2.45) is 11.8 Å². The summed E-state index contributed by atoms with van der Waals surface area (Å²) in [5.41, 5.74) is 0. The first-order valence-electron chi connectivity index (χ1n) is 7.96. The standard InChI is InChI=1S/C17H23NOS/c1-2-5-14-11-18(10-13(14)4-1)12-15-7-8-17(20-15)16-6-3-9-19-16/h1-2,7-8,13-14,16H,3-6,9-12H2/t13-,14+,16?. The highest BCUT2D eigenvalue weighted by Crippen LogP contribution is 2.36. The van der Waals surface area contributed by atoms with E-state index in [9.17, 15) is 0 Å². The van der Waals surface area contributed by atoms with E-state index >= 15 is 0 Å². The highest BCUT2D eigenvalue weighted by Gasteiger charge is 2.32. The van der Waals surface area contributed by atoms with E-state index in [0.717, 1.165) is 25.0 Å². The van der Waals surface area contributed by atoms with Gasteiger partial charge in [0.25, 0.3) is 0 Å². The molecule has 3 heteroatoms. The largest absolute Gasteiger partial charge is 0.373 e. The Morgan fingerprint density at radius 1 is 1.15 bits per heavy atom. The second-order valence-corrected chi connectivity index (χ2v) is 7.66. The number of fused-ring (bicyclic) bond motifs is 1. The lowest BCUT2D eigenvalue weighted by Crippen LogP contribution is -2.19. The van der Waals surface area contributed by atoms with Crippen molar-refractivity contribution in [2.45, 2.75) is 38.3 Å². The average Bonchev–Trinajstić information content (AvgIpc) is 3.18. The van der Waals surface area contributed by atoms with Gasteiger partial charge in [0, 0.05) is 36.0 Å². The van der Waals surface area contributed by atoms with Crippen LogP contribution in [0.4, 0.5) is 0 Å². The summed E-state index contributed by atoms with van der Waals surface area (Å²) in [5, 5.41) is 0. The lowest BCUT2D eigenvalue weighted by molar-refractivity contribution is 0.114. The van der Waals surface area contributed by atoms with Crippen molar-refractivity contribution in [1.29, 1.82) is 0 Å². The highest BCUT2D eigenvalue weighted by atomic mass is 32.1. The number of likely N-dealkylation sites (tertiary alicyclic amines) is 1. The van der Waals surface area contributed by atoms with Crippen molar-refractivity contribution in [3.8, 4) is 0 Å². The van der Waals surface area contributed by atoms with Crippen LogP contribution < -0.4 is 0 Å². The van der Waals surface area contributed by atoms with E-state index in [-0.39, 0.29) is 0 Å². The molecule has 1 unspecified atom stereocenters. The van der Waals surface area contributed by atoms with Crippen LogP contribution >= 0.6 is 11.3 Å². The van der Waals surface area contributed by atoms with E-state index in [1.807, 2.05) is 11.3 Å². The van der Waals surface area contributed by atoms with E-state index in [1.54, 1.807) is 0 Å². The number of ether oxygens (including phenoxy) is 1. The summed E-state index contributed by atoms with van der Waals surface area (Å²) in [7, 11) is 0. The maximum Gasteiger partial charge on any atom is 0.0917 e. The molecule has 1 aliphatic carbocycles. The normalized spacial score (nSPS) is 33.7. The zero-order valence-corrected chi connectivity index (χ0v) is 12.8. The van der Waals surface area contributed by atoms with Gasteiger partial charge in [0.1, 0.15) is 0 Å². The van der Waals surface area contributed by atoms with E-state index in [2.05, 4.69) is 29.2 Å². The summed E-state index contributed by atoms with van der Waals surface area (Å²) < 4.78 is 5.79. The summed E-state index contributed by atoms with van der Waals surface area (Å²) >= 11 is 1.97. The smallest absolute Gasteiger partial charge is 0.0917 e. The number of hydrogen-bond acceptors (Lipinski definition) is 3. The monoisotopic (exact) mass is 289 g/mol. The van der Waals surface area contributed by atoms with Crippen LogP contribution in [0.1, 0.15) is 41.5 Å². The third kappa shape index (κ3) is 2.59. The Bertz CT molecular complexity index is 473. The molecule has 2 nitrogen and oxygen atoms in total. The number of rotatable bonds is 3. The predicted molar refractivity (Wildman–Crippen MR) is 82.9 cm³/mol. The first kappa shape index (κ1) is 13.1. The van der Waals surface area contributed by atoms with Crippen LogP contribution in [0.3, 0.4) is 0 Å². The van der Waals surface area contributed by atoms with Crippen LogP contribution in [-0.4, -0.2) is 24.6 Å². The lowest BCUT2D eigenvalue weighted by Gasteiger charge is -2.18. The van der Waals surface area contributed by atoms with Gasteiger partial charge in [-0.1, -0.05) is 12.2 Å². The first-order chi connectivity index (χ1) is 9.88. The molecule has 2 fully saturated rings. The van der Waals surface area contributed by atoms with Gasteiger partial charge in [-0.25, -0.2) is 0 Å². The zero-order valence-electron chi connectivity index (χ0n) is 12.0. The Hall–Kier alpha value is -0.640. The van der Waals surface area contributed by atoms with Crippen LogP contribution in [0.15, 0.2) is 24.3 Å². The molecular weight excluding hydrogens is 266 g/mol. The average molecular weight is 289 g/mol. The minimum atomic E-state index is 0.388. The molecule has 2 saturated heterocycles. The quantitative estimate of drug-likeness (QED) is 0.780. The molecule has 0 bridgehead atoms. The second-order valence-electron chi connectivity index (χ2n) is 6.46. The predicted octanol–water partition coefficient (Wildman–Crippen LogP) is 4.00. The van der Waals surface area contributed by atoms with Gasteiger partial charge in [-0.2, -0.15) is 0 Å². The maximum absolute atomic E-state index is 5.79. The minimum absolute atomic E-state index is 0.388. The van der Waals surface area contributed by atoms with E-state index in [4.69, 9.17) is 4.74 Å². The fourth-order valence-electron chi connectivity index (χ4n) is 3.92. The van der Waals surface area contributed by atoms with Gasteiger partial charge >= 0.3 is 0 Å². The topological polar surface area (TPSA) is 12.5 Å². The van der Waals surface area contributed by atoms with E-state index in [1.165, 1.54) is 48.5 Å². The molecule has 1 aromatic heterocycles. The summed E-state index contributed by atoms with van der Waals surface area (Å²) in [6, 6.07) is 4.61. The molecule has 3 atom stereocenters. The molecule has 108 valence electrons. The fraction of sp³-hybridized carbons (Fsp3) is 0.647. The second kappa shape index (κ2) is 5.63. The number of hydrogen-bond donors (Lipinski definition) is 0. The number of thiophene rings is 1. The van der Waals surface area contributed by atoms with Gasteiger partial charge in [0.15, 0.2) is 0 Å². The molecule has 3 heterocycles. The summed E-state index contributed by atoms with van der Waals surface area (Å²) in [5.74, 6) is 1.83. The van der Waals surface area contributed by atoms with Gasteiger partial charge in [0.2, 0.25) is 0 Å². The van der Waals surface area contributed by atoms with Crippen molar-refractivity contribution in [1.82, 2.24) is 4.90 Å². The highest BCUT2D eigenvalue weighted by molar-refractivity contribution is 7.12. The van der Waals surface area contributed by atoms with Crippen molar-refractivity contribution in [3.63, 3.8) is 0 Å². The zero-order chi connectivity index (χ0) is 13.4. The van der Waals surface area contributed by atoms with Gasteiger partial charge < -0.3 is 4.74 Å². The molecule has 0 saturated carbocycles. The molecule has 0 radical (unpaired) electrons. The Morgan fingerprint density at radius 3 is 2.65 bits per heavy atom. The maximum atomic E-state index is 5.79. The number of nitrogens with zero attached hydrogens (tertiary/aromatic N) is 1. The van der Waals surface area contributed by atoms with E-state index < -0.39 is 0 Å². The Balaban J connectivity index is 1.37. The van der Waals surface area contributed by atoms with Crippen molar-refractivity contribution >= 4 is 11.3 Å². The molecule has 0 amide bonds. The minimum Gasteiger partial charge on any atom is -0.373 e. The molecule has 2 aliphatic heterocycles. The summed E-state index contributed by atoms with van der Waals surface area (Å²) in [6.45, 7) is 4.68. The fourth-order valence-corrected chi connectivity index (χ4v) is 5.06. The Morgan fingerprint density at radius 2 is 1.95 bits per heavy atom. The summed E-state index contributed by atoms with van der Waals surface area (Å²) in [4.78, 5) is 5.62. The van der Waals surface area contributed by atoms with Crippen molar-refractivity contribution in [2.75, 3.05) is 19.7 Å². The van der Waals surface area contributed by atoms with Crippen LogP contribution in [0.25, 0.3) is 0 Å². The first-order valence-corrected chi connectivity index (χ1v) is 8.78. The van der Waals surface area contributed by atoms with Gasteiger partial charge in [-0.15, -0.1) is 11.3 Å². The van der Waals surface area contributed by atoms with Gasteiger partial charge in [-0.3, -0.25) is 4.90 Å². The molecule has 0 spiro atoms. The Kier molecular flexibility index (Phi) is 3.67. The molecule has 20 heavy (non-hydrogen) atoms. The SMILES string of the molecule is C1=CC[C@H]2CN(Cc3ccc(C4CCCO4)s3)C[C@H]2C1. The molecule has 1 aromatic rings. The molecule has 0 aromatic carbocycles. The van der Waals surface area contributed by atoms with Gasteiger partial charge in [-0.05, 0) is 49.7 Å². The Labute approximate surface area is 125 Å². The molecular formula is C17H23NOS.